The Labute approximate surface area is 151 Å². The zero-order valence-corrected chi connectivity index (χ0v) is 16.0. The van der Waals surface area contributed by atoms with E-state index in [1.165, 1.54) is 0 Å². The summed E-state index contributed by atoms with van der Waals surface area (Å²) in [6, 6.07) is 1.45. The first-order valence-electron chi connectivity index (χ1n) is 8.53. The van der Waals surface area contributed by atoms with Crippen LogP contribution in [0.3, 0.4) is 0 Å². The van der Waals surface area contributed by atoms with Crippen molar-refractivity contribution in [1.82, 2.24) is 0 Å². The van der Waals surface area contributed by atoms with Crippen molar-refractivity contribution in [3.8, 4) is 0 Å². The lowest BCUT2D eigenvalue weighted by Crippen LogP contribution is -2.30. The van der Waals surface area contributed by atoms with E-state index >= 15 is 0 Å². The molecule has 0 N–H and O–H groups in total. The molecule has 0 aliphatic carbocycles. The average molecular weight is 400 g/mol. The largest absolute Gasteiger partial charge is 0.422 e. The van der Waals surface area contributed by atoms with Gasteiger partial charge in [-0.05, 0) is 57.7 Å². The van der Waals surface area contributed by atoms with E-state index in [0.29, 0.717) is 25.7 Å². The van der Waals surface area contributed by atoms with Gasteiger partial charge in [-0.25, -0.2) is 17.2 Å². The van der Waals surface area contributed by atoms with Crippen molar-refractivity contribution in [2.24, 2.45) is 0 Å². The molecule has 1 aromatic rings. The lowest BCUT2D eigenvalue weighted by Gasteiger charge is -2.18. The summed E-state index contributed by atoms with van der Waals surface area (Å²) in [7, 11) is -3.13. The van der Waals surface area contributed by atoms with Crippen LogP contribution in [-0.2, 0) is 22.4 Å². The molecular formula is C18H25F5O2S. The Bertz CT molecular complexity index is 680. The first kappa shape index (κ1) is 22.9. The second-order valence-corrected chi connectivity index (χ2v) is 10.2. The van der Waals surface area contributed by atoms with E-state index in [0.717, 1.165) is 18.6 Å². The van der Waals surface area contributed by atoms with E-state index < -0.39 is 38.0 Å². The fourth-order valence-corrected chi connectivity index (χ4v) is 3.70. The topological polar surface area (TPSA) is 34.1 Å². The first-order chi connectivity index (χ1) is 11.8. The van der Waals surface area contributed by atoms with Gasteiger partial charge in [0, 0.05) is 0 Å². The van der Waals surface area contributed by atoms with Gasteiger partial charge in [-0.3, -0.25) is 0 Å². The second kappa shape index (κ2) is 8.67. The quantitative estimate of drug-likeness (QED) is 0.415. The number of aryl methyl sites for hydroxylation is 1. The molecule has 0 aliphatic rings. The molecule has 0 aliphatic heterocycles. The van der Waals surface area contributed by atoms with Gasteiger partial charge in [0.25, 0.3) is 0 Å². The monoisotopic (exact) mass is 400 g/mol. The van der Waals surface area contributed by atoms with Crippen molar-refractivity contribution >= 4 is 9.84 Å². The fourth-order valence-electron chi connectivity index (χ4n) is 2.50. The number of hydrogen-bond acceptors (Lipinski definition) is 2. The molecule has 0 amide bonds. The molecule has 0 aromatic heterocycles. The first-order valence-corrected chi connectivity index (χ1v) is 10.2. The van der Waals surface area contributed by atoms with E-state index in [1.807, 2.05) is 0 Å². The summed E-state index contributed by atoms with van der Waals surface area (Å²) in [5.41, 5.74) is -1.68. The van der Waals surface area contributed by atoms with Crippen molar-refractivity contribution in [2.75, 3.05) is 5.75 Å². The molecule has 1 aromatic carbocycles. The number of benzene rings is 1. The summed E-state index contributed by atoms with van der Waals surface area (Å²) >= 11 is 0. The van der Waals surface area contributed by atoms with Gasteiger partial charge in [-0.2, -0.15) is 13.2 Å². The maximum Gasteiger partial charge on any atom is 0.422 e. The molecule has 0 unspecified atom stereocenters. The van der Waals surface area contributed by atoms with Crippen LogP contribution in [0.25, 0.3) is 0 Å². The third-order valence-corrected chi connectivity index (χ3v) is 6.89. The summed E-state index contributed by atoms with van der Waals surface area (Å²) < 4.78 is 87.5. The Balaban J connectivity index is 2.39. The van der Waals surface area contributed by atoms with Gasteiger partial charge in [0.15, 0.2) is 9.84 Å². The van der Waals surface area contributed by atoms with Gasteiger partial charge in [-0.1, -0.05) is 19.3 Å². The molecule has 0 saturated heterocycles. The molecule has 0 bridgehead atoms. The van der Waals surface area contributed by atoms with Gasteiger partial charge in [0.05, 0.1) is 10.5 Å². The summed E-state index contributed by atoms with van der Waals surface area (Å²) in [5, 5.41) is 0. The minimum absolute atomic E-state index is 0.117. The van der Waals surface area contributed by atoms with Gasteiger partial charge < -0.3 is 0 Å². The number of rotatable bonds is 8. The third-order valence-electron chi connectivity index (χ3n) is 4.20. The maximum absolute atomic E-state index is 13.5. The second-order valence-electron chi connectivity index (χ2n) is 7.38. The zero-order valence-electron chi connectivity index (χ0n) is 15.2. The van der Waals surface area contributed by atoms with Crippen LogP contribution in [0.15, 0.2) is 12.1 Å². The Morgan fingerprint density at radius 1 is 0.846 bits per heavy atom. The highest BCUT2D eigenvalue weighted by Crippen LogP contribution is 2.34. The highest BCUT2D eigenvalue weighted by Gasteiger charge is 2.37. The molecule has 0 heterocycles. The Hall–Kier alpha value is -1.18. The minimum Gasteiger partial charge on any atom is -0.228 e. The van der Waals surface area contributed by atoms with Crippen molar-refractivity contribution in [1.29, 1.82) is 0 Å². The van der Waals surface area contributed by atoms with Crippen molar-refractivity contribution in [3.63, 3.8) is 0 Å². The molecule has 1 rings (SSSR count). The normalized spacial score (nSPS) is 13.2. The molecule has 2 nitrogen and oxygen atoms in total. The van der Waals surface area contributed by atoms with Crippen LogP contribution in [-0.4, -0.2) is 18.9 Å². The van der Waals surface area contributed by atoms with Crippen LogP contribution < -0.4 is 0 Å². The zero-order chi connectivity index (χ0) is 20.2. The molecule has 0 radical (unpaired) electrons. The maximum atomic E-state index is 13.5. The summed E-state index contributed by atoms with van der Waals surface area (Å²) in [6.45, 7) is 4.97. The van der Waals surface area contributed by atoms with E-state index in [9.17, 15) is 30.4 Å². The highest BCUT2D eigenvalue weighted by atomic mass is 32.2. The molecule has 26 heavy (non-hydrogen) atoms. The lowest BCUT2D eigenvalue weighted by molar-refractivity contribution is -0.142. The summed E-state index contributed by atoms with van der Waals surface area (Å²) in [6.07, 6.45) is -1.50. The number of alkyl halides is 3. The van der Waals surface area contributed by atoms with E-state index in [-0.39, 0.29) is 17.7 Å². The predicted molar refractivity (Wildman–Crippen MR) is 91.7 cm³/mol. The van der Waals surface area contributed by atoms with Gasteiger partial charge in [0.2, 0.25) is 0 Å². The lowest BCUT2D eigenvalue weighted by atomic mass is 10.0. The van der Waals surface area contributed by atoms with Crippen LogP contribution in [0.4, 0.5) is 22.0 Å². The number of halogens is 5. The predicted octanol–water partition coefficient (Wildman–Crippen LogP) is 5.69. The SMILES string of the molecule is CC(C)(C)S(=O)(=O)CCCCCCCc1cc(F)c(C(F)(F)F)c(F)c1. The standard InChI is InChI=1S/C18H25F5O2S/c1-17(2,3)26(24,25)10-8-6-4-5-7-9-13-11-14(19)16(15(20)12-13)18(21,22)23/h11-12H,4-10H2,1-3H3. The molecular weight excluding hydrogens is 375 g/mol. The van der Waals surface area contributed by atoms with Crippen LogP contribution in [0.1, 0.15) is 64.0 Å². The van der Waals surface area contributed by atoms with Gasteiger partial charge in [-0.15, -0.1) is 0 Å². The van der Waals surface area contributed by atoms with E-state index in [4.69, 9.17) is 0 Å². The summed E-state index contributed by atoms with van der Waals surface area (Å²) in [4.78, 5) is 0. The number of unbranched alkanes of at least 4 members (excludes halogenated alkanes) is 4. The van der Waals surface area contributed by atoms with Crippen molar-refractivity contribution in [3.05, 3.63) is 34.9 Å². The van der Waals surface area contributed by atoms with Crippen molar-refractivity contribution in [2.45, 2.75) is 70.2 Å². The molecule has 0 atom stereocenters. The average Bonchev–Trinajstić information content (AvgIpc) is 2.42. The van der Waals surface area contributed by atoms with Crippen molar-refractivity contribution < 1.29 is 30.4 Å². The number of sulfone groups is 1. The third kappa shape index (κ3) is 6.52. The number of hydrogen-bond donors (Lipinski definition) is 0. The summed E-state index contributed by atoms with van der Waals surface area (Å²) in [5.74, 6) is -3.08. The van der Waals surface area contributed by atoms with E-state index in [2.05, 4.69) is 0 Å². The Morgan fingerprint density at radius 2 is 1.31 bits per heavy atom. The van der Waals surface area contributed by atoms with Gasteiger partial charge in [0.1, 0.15) is 17.2 Å². The minimum atomic E-state index is -5.06. The Kier molecular flexibility index (Phi) is 7.62. The molecule has 0 spiro atoms. The molecule has 0 fully saturated rings. The van der Waals surface area contributed by atoms with E-state index in [1.54, 1.807) is 20.8 Å². The Morgan fingerprint density at radius 3 is 1.77 bits per heavy atom. The van der Waals surface area contributed by atoms with Crippen LogP contribution >= 0.6 is 0 Å². The van der Waals surface area contributed by atoms with Crippen LogP contribution in [0, 0.1) is 11.6 Å². The molecule has 8 heteroatoms. The van der Waals surface area contributed by atoms with Crippen LogP contribution in [0.2, 0.25) is 0 Å². The molecule has 150 valence electrons. The van der Waals surface area contributed by atoms with Gasteiger partial charge >= 0.3 is 6.18 Å². The fraction of sp³-hybridized carbons (Fsp3) is 0.667. The highest BCUT2D eigenvalue weighted by molar-refractivity contribution is 7.92. The van der Waals surface area contributed by atoms with Crippen LogP contribution in [0.5, 0.6) is 0 Å². The molecule has 0 saturated carbocycles. The smallest absolute Gasteiger partial charge is 0.228 e.